The number of allylic oxidation sites excluding steroid dienone is 2. The zero-order valence-corrected chi connectivity index (χ0v) is 11.7. The molecule has 1 aromatic heterocycles. The molecule has 2 heterocycles. The van der Waals surface area contributed by atoms with Gasteiger partial charge in [-0.25, -0.2) is 8.78 Å². The molecule has 3 rings (SSSR count). The Hall–Kier alpha value is -1.95. The summed E-state index contributed by atoms with van der Waals surface area (Å²) in [5, 5.41) is 3.15. The van der Waals surface area contributed by atoms with Crippen LogP contribution in [0.5, 0.6) is 0 Å². The van der Waals surface area contributed by atoms with Crippen LogP contribution in [0, 0.1) is 5.41 Å². The Bertz CT molecular complexity index is 616. The summed E-state index contributed by atoms with van der Waals surface area (Å²) in [6.45, 7) is 1.74. The fourth-order valence-corrected chi connectivity index (χ4v) is 3.19. The lowest BCUT2D eigenvalue weighted by atomic mass is 9.58. The predicted molar refractivity (Wildman–Crippen MR) is 76.8 cm³/mol. The van der Waals surface area contributed by atoms with Gasteiger partial charge in [0.25, 0.3) is 0 Å². The van der Waals surface area contributed by atoms with Crippen molar-refractivity contribution >= 4 is 5.70 Å². The summed E-state index contributed by atoms with van der Waals surface area (Å²) in [5.74, 6) is -2.67. The first-order valence-electron chi connectivity index (χ1n) is 6.79. The molecule has 0 spiro atoms. The molecule has 0 saturated heterocycles. The number of dihydropyridines is 1. The van der Waals surface area contributed by atoms with Crippen molar-refractivity contribution in [2.24, 2.45) is 16.9 Å². The second kappa shape index (κ2) is 4.27. The number of nitrogens with zero attached hydrogens (tertiary/aromatic N) is 1. The molecule has 21 heavy (non-hydrogen) atoms. The molecular weight excluding hydrogens is 274 g/mol. The third-order valence-electron chi connectivity index (χ3n) is 4.44. The number of aromatic nitrogens is 1. The Morgan fingerprint density at radius 2 is 2.00 bits per heavy atom. The zero-order chi connectivity index (χ0) is 15.3. The highest BCUT2D eigenvalue weighted by atomic mass is 19.3. The minimum atomic E-state index is -2.67. The highest BCUT2D eigenvalue weighted by molar-refractivity contribution is 5.68. The molecule has 0 bridgehead atoms. The first kappa shape index (κ1) is 14.0. The molecular formula is C15H18F2N4. The summed E-state index contributed by atoms with van der Waals surface area (Å²) in [6, 6.07) is 3.68. The van der Waals surface area contributed by atoms with Crippen molar-refractivity contribution in [3.05, 3.63) is 47.9 Å². The van der Waals surface area contributed by atoms with Gasteiger partial charge in [-0.05, 0) is 24.3 Å². The van der Waals surface area contributed by atoms with Gasteiger partial charge in [-0.3, -0.25) is 4.98 Å². The average molecular weight is 292 g/mol. The minimum absolute atomic E-state index is 0.279. The predicted octanol–water partition coefficient (Wildman–Crippen LogP) is 1.96. The van der Waals surface area contributed by atoms with Crippen molar-refractivity contribution < 1.29 is 8.78 Å². The van der Waals surface area contributed by atoms with Gasteiger partial charge < -0.3 is 16.8 Å². The Morgan fingerprint density at radius 3 is 2.57 bits per heavy atom. The van der Waals surface area contributed by atoms with Gasteiger partial charge in [0.05, 0.1) is 0 Å². The van der Waals surface area contributed by atoms with E-state index in [2.05, 4.69) is 10.3 Å². The van der Waals surface area contributed by atoms with E-state index in [9.17, 15) is 8.78 Å². The van der Waals surface area contributed by atoms with Crippen LogP contribution in [0.15, 0.2) is 42.4 Å². The molecule has 6 heteroatoms. The van der Waals surface area contributed by atoms with Crippen LogP contribution >= 0.6 is 0 Å². The van der Waals surface area contributed by atoms with Crippen molar-refractivity contribution in [1.82, 2.24) is 10.3 Å². The molecule has 5 N–H and O–H groups in total. The van der Waals surface area contributed by atoms with E-state index in [1.807, 2.05) is 6.07 Å². The van der Waals surface area contributed by atoms with Gasteiger partial charge in [-0.1, -0.05) is 6.92 Å². The number of pyridine rings is 1. The van der Waals surface area contributed by atoms with Crippen molar-refractivity contribution in [2.75, 3.05) is 0 Å². The largest absolute Gasteiger partial charge is 0.399 e. The number of nitrogens with two attached hydrogens (primary N) is 2. The first-order valence-corrected chi connectivity index (χ1v) is 6.79. The van der Waals surface area contributed by atoms with Crippen molar-refractivity contribution in [3.63, 3.8) is 0 Å². The van der Waals surface area contributed by atoms with Crippen molar-refractivity contribution in [2.45, 2.75) is 31.4 Å². The van der Waals surface area contributed by atoms with Crippen LogP contribution in [0.1, 0.15) is 25.3 Å². The summed E-state index contributed by atoms with van der Waals surface area (Å²) in [4.78, 5) is 4.05. The summed E-state index contributed by atoms with van der Waals surface area (Å²) >= 11 is 0. The smallest absolute Gasteiger partial charge is 0.249 e. The van der Waals surface area contributed by atoms with Gasteiger partial charge in [-0.15, -0.1) is 0 Å². The summed E-state index contributed by atoms with van der Waals surface area (Å²) in [5.41, 5.74) is 12.4. The van der Waals surface area contributed by atoms with Gasteiger partial charge >= 0.3 is 0 Å². The third-order valence-corrected chi connectivity index (χ3v) is 4.44. The molecule has 1 fully saturated rings. The van der Waals surface area contributed by atoms with Crippen LogP contribution < -0.4 is 16.8 Å². The van der Waals surface area contributed by atoms with Gasteiger partial charge in [0.2, 0.25) is 5.92 Å². The van der Waals surface area contributed by atoms with Crippen molar-refractivity contribution in [1.29, 1.82) is 0 Å². The SMILES string of the molecule is CC1(C2(N)NC(c3cccnc3)=CC=C2N)CC(F)(F)C1. The highest BCUT2D eigenvalue weighted by Crippen LogP contribution is 2.57. The average Bonchev–Trinajstić information content (AvgIpc) is 2.40. The number of nitrogens with one attached hydrogen (secondary N) is 1. The Morgan fingerprint density at radius 1 is 1.29 bits per heavy atom. The summed E-state index contributed by atoms with van der Waals surface area (Å²) in [7, 11) is 0. The quantitative estimate of drug-likeness (QED) is 0.778. The molecule has 1 atom stereocenters. The van der Waals surface area contributed by atoms with Crippen LogP contribution in [0.3, 0.4) is 0 Å². The van der Waals surface area contributed by atoms with E-state index in [0.29, 0.717) is 5.70 Å². The van der Waals surface area contributed by atoms with Crippen LogP contribution in [0.25, 0.3) is 5.70 Å². The Kier molecular flexibility index (Phi) is 2.85. The Labute approximate surface area is 121 Å². The van der Waals surface area contributed by atoms with E-state index in [1.54, 1.807) is 37.5 Å². The van der Waals surface area contributed by atoms with E-state index in [4.69, 9.17) is 11.5 Å². The van der Waals surface area contributed by atoms with Gasteiger partial charge in [0.1, 0.15) is 5.66 Å². The van der Waals surface area contributed by atoms with Gasteiger partial charge in [-0.2, -0.15) is 0 Å². The molecule has 112 valence electrons. The normalized spacial score (nSPS) is 29.7. The molecule has 4 nitrogen and oxygen atoms in total. The van der Waals surface area contributed by atoms with E-state index in [-0.39, 0.29) is 12.8 Å². The number of halogens is 2. The highest BCUT2D eigenvalue weighted by Gasteiger charge is 2.63. The maximum absolute atomic E-state index is 13.3. The van der Waals surface area contributed by atoms with E-state index < -0.39 is 17.0 Å². The van der Waals surface area contributed by atoms with Gasteiger partial charge in [0, 0.05) is 47.6 Å². The fraction of sp³-hybridized carbons (Fsp3) is 0.400. The minimum Gasteiger partial charge on any atom is -0.399 e. The number of alkyl halides is 2. The van der Waals surface area contributed by atoms with Crippen LogP contribution in [-0.4, -0.2) is 16.6 Å². The summed E-state index contributed by atoms with van der Waals surface area (Å²) < 4.78 is 26.7. The molecule has 1 saturated carbocycles. The molecule has 1 aromatic rings. The second-order valence-corrected chi connectivity index (χ2v) is 6.15. The lowest BCUT2D eigenvalue weighted by Crippen LogP contribution is -2.72. The number of rotatable bonds is 2. The standard InChI is InChI=1S/C15H18F2N4/c1-13(8-14(16,17)9-13)15(19)12(18)5-4-11(21-15)10-3-2-6-20-7-10/h2-7,21H,8-9,18-19H2,1H3. The van der Waals surface area contributed by atoms with E-state index in [0.717, 1.165) is 11.3 Å². The topological polar surface area (TPSA) is 77.0 Å². The molecule has 1 unspecified atom stereocenters. The maximum atomic E-state index is 13.3. The fourth-order valence-electron chi connectivity index (χ4n) is 3.19. The third kappa shape index (κ3) is 2.10. The lowest BCUT2D eigenvalue weighted by Gasteiger charge is -2.56. The maximum Gasteiger partial charge on any atom is 0.249 e. The van der Waals surface area contributed by atoms with Gasteiger partial charge in [0.15, 0.2) is 0 Å². The second-order valence-electron chi connectivity index (χ2n) is 6.15. The molecule has 0 amide bonds. The summed E-state index contributed by atoms with van der Waals surface area (Å²) in [6.07, 6.45) is 6.27. The number of hydrogen-bond acceptors (Lipinski definition) is 4. The molecule has 0 radical (unpaired) electrons. The molecule has 0 aromatic carbocycles. The number of hydrogen-bond donors (Lipinski definition) is 3. The van der Waals surface area contributed by atoms with E-state index >= 15 is 0 Å². The molecule has 1 aliphatic heterocycles. The van der Waals surface area contributed by atoms with E-state index in [1.165, 1.54) is 0 Å². The zero-order valence-electron chi connectivity index (χ0n) is 11.7. The van der Waals surface area contributed by atoms with Crippen LogP contribution in [0.2, 0.25) is 0 Å². The molecule has 2 aliphatic rings. The first-order chi connectivity index (χ1) is 9.76. The van der Waals surface area contributed by atoms with Crippen LogP contribution in [-0.2, 0) is 0 Å². The van der Waals surface area contributed by atoms with Crippen LogP contribution in [0.4, 0.5) is 8.78 Å². The molecule has 1 aliphatic carbocycles. The van der Waals surface area contributed by atoms with Crippen molar-refractivity contribution in [3.8, 4) is 0 Å². The monoisotopic (exact) mass is 292 g/mol. The Balaban J connectivity index is 1.92. The lowest BCUT2D eigenvalue weighted by molar-refractivity contribution is -0.178.